The molecule has 1 saturated carbocycles. The maximum absolute atomic E-state index is 4.06. The number of rotatable bonds is 4. The smallest absolute Gasteiger partial charge is 0.198 e. The fourth-order valence-electron chi connectivity index (χ4n) is 4.92. The van der Waals surface area contributed by atoms with Gasteiger partial charge in [0.05, 0.1) is 5.41 Å². The highest BCUT2D eigenvalue weighted by atomic mass is 15.0. The second kappa shape index (κ2) is 6.29. The van der Waals surface area contributed by atoms with Crippen molar-refractivity contribution in [2.45, 2.75) is 44.4 Å². The Hall–Kier alpha value is -2.15. The Bertz CT molecular complexity index is 880. The zero-order valence-electron chi connectivity index (χ0n) is 15.5. The fraction of sp³-hybridized carbons (Fsp3) is 0.375. The van der Waals surface area contributed by atoms with Crippen molar-refractivity contribution in [3.05, 3.63) is 66.8 Å². The summed E-state index contributed by atoms with van der Waals surface area (Å²) in [5.41, 5.74) is 4.20. The summed E-state index contributed by atoms with van der Waals surface area (Å²) >= 11 is 0. The first kappa shape index (κ1) is 16.3. The Morgan fingerprint density at radius 3 is 2.68 bits per heavy atom. The van der Waals surface area contributed by atoms with Gasteiger partial charge in [0.2, 0.25) is 5.69 Å². The number of allylic oxidation sites excluding steroid dienone is 3. The minimum atomic E-state index is -0.0121. The van der Waals surface area contributed by atoms with E-state index in [0.29, 0.717) is 0 Å². The van der Waals surface area contributed by atoms with Gasteiger partial charge in [-0.2, -0.15) is 4.58 Å². The van der Waals surface area contributed by atoms with Crippen molar-refractivity contribution < 1.29 is 4.58 Å². The molecule has 25 heavy (non-hydrogen) atoms. The van der Waals surface area contributed by atoms with Crippen LogP contribution < -0.4 is 0 Å². The molecule has 1 heterocycles. The van der Waals surface area contributed by atoms with Crippen LogP contribution in [0.3, 0.4) is 0 Å². The average Bonchev–Trinajstić information content (AvgIpc) is 3.20. The van der Waals surface area contributed by atoms with Gasteiger partial charge in [0.1, 0.15) is 7.05 Å². The van der Waals surface area contributed by atoms with Gasteiger partial charge < -0.3 is 0 Å². The molecule has 0 N–H and O–H groups in total. The van der Waals surface area contributed by atoms with Crippen LogP contribution in [0, 0.1) is 5.92 Å². The molecule has 0 radical (unpaired) electrons. The van der Waals surface area contributed by atoms with Crippen LogP contribution in [0.4, 0.5) is 5.69 Å². The SMILES string of the molecule is C=CCC1(C)C(C=CC2CCCC2)=[N+](C)c2ccc3ccccc3c21. The molecule has 1 unspecified atom stereocenters. The minimum Gasteiger partial charge on any atom is -0.198 e. The Morgan fingerprint density at radius 2 is 1.92 bits per heavy atom. The van der Waals surface area contributed by atoms with Crippen molar-refractivity contribution in [3.63, 3.8) is 0 Å². The zero-order valence-corrected chi connectivity index (χ0v) is 15.5. The second-order valence-corrected chi connectivity index (χ2v) is 7.85. The molecule has 0 spiro atoms. The first-order valence-electron chi connectivity index (χ1n) is 9.57. The molecule has 1 aliphatic heterocycles. The van der Waals surface area contributed by atoms with Crippen molar-refractivity contribution in [2.24, 2.45) is 5.92 Å². The van der Waals surface area contributed by atoms with Crippen LogP contribution in [0.25, 0.3) is 10.8 Å². The highest BCUT2D eigenvalue weighted by molar-refractivity contribution is 6.08. The van der Waals surface area contributed by atoms with E-state index in [0.717, 1.165) is 12.3 Å². The first-order chi connectivity index (χ1) is 12.1. The van der Waals surface area contributed by atoms with Gasteiger partial charge in [-0.3, -0.25) is 0 Å². The van der Waals surface area contributed by atoms with E-state index < -0.39 is 0 Å². The average molecular weight is 330 g/mol. The molecule has 2 aromatic carbocycles. The van der Waals surface area contributed by atoms with E-state index in [1.54, 1.807) is 0 Å². The lowest BCUT2D eigenvalue weighted by molar-refractivity contribution is -0.401. The molecular formula is C24H28N+. The molecule has 1 heteroatoms. The standard InChI is InChI=1S/C24H28N/c1-4-17-24(2)22(16-13-18-9-5-6-10-18)25(3)21-15-14-19-11-7-8-12-20(19)23(21)24/h4,7-8,11-16,18H,1,5-6,9-10,17H2,2-3H3/q+1. The van der Waals surface area contributed by atoms with Gasteiger partial charge in [0, 0.05) is 17.7 Å². The summed E-state index contributed by atoms with van der Waals surface area (Å²) in [6, 6.07) is 13.3. The predicted octanol–water partition coefficient (Wildman–Crippen LogP) is 6.15. The summed E-state index contributed by atoms with van der Waals surface area (Å²) in [5, 5.41) is 2.70. The minimum absolute atomic E-state index is 0.0121. The zero-order chi connectivity index (χ0) is 17.4. The van der Waals surface area contributed by atoms with Crippen molar-refractivity contribution in [2.75, 3.05) is 7.05 Å². The molecule has 0 amide bonds. The molecule has 2 aromatic rings. The van der Waals surface area contributed by atoms with E-state index in [1.807, 2.05) is 0 Å². The monoisotopic (exact) mass is 330 g/mol. The normalized spacial score (nSPS) is 23.8. The second-order valence-electron chi connectivity index (χ2n) is 7.85. The quantitative estimate of drug-likeness (QED) is 0.467. The Morgan fingerprint density at radius 1 is 1.16 bits per heavy atom. The molecule has 2 aliphatic rings. The van der Waals surface area contributed by atoms with Gasteiger partial charge >= 0.3 is 0 Å². The Labute approximate surface area is 151 Å². The van der Waals surface area contributed by atoms with E-state index >= 15 is 0 Å². The number of hydrogen-bond donors (Lipinski definition) is 0. The molecule has 1 atom stereocenters. The lowest BCUT2D eigenvalue weighted by Crippen LogP contribution is -2.30. The van der Waals surface area contributed by atoms with Crippen molar-refractivity contribution >= 4 is 22.2 Å². The Balaban J connectivity index is 1.87. The van der Waals surface area contributed by atoms with E-state index in [-0.39, 0.29) is 5.41 Å². The maximum atomic E-state index is 4.06. The van der Waals surface area contributed by atoms with E-state index in [1.165, 1.54) is 53.4 Å². The van der Waals surface area contributed by atoms with Gasteiger partial charge in [0.25, 0.3) is 0 Å². The summed E-state index contributed by atoms with van der Waals surface area (Å²) < 4.78 is 2.40. The fourth-order valence-corrected chi connectivity index (χ4v) is 4.92. The third-order valence-corrected chi connectivity index (χ3v) is 6.23. The lowest BCUT2D eigenvalue weighted by Gasteiger charge is -2.22. The predicted molar refractivity (Wildman–Crippen MR) is 108 cm³/mol. The summed E-state index contributed by atoms with van der Waals surface area (Å²) in [6.07, 6.45) is 13.4. The van der Waals surface area contributed by atoms with E-state index in [9.17, 15) is 0 Å². The number of fused-ring (bicyclic) bond motifs is 3. The van der Waals surface area contributed by atoms with Gasteiger partial charge in [-0.05, 0) is 48.9 Å². The van der Waals surface area contributed by atoms with Crippen LogP contribution in [-0.4, -0.2) is 17.3 Å². The molecule has 0 saturated heterocycles. The first-order valence-corrected chi connectivity index (χ1v) is 9.57. The number of nitrogens with zero attached hydrogens (tertiary/aromatic N) is 1. The highest BCUT2D eigenvalue weighted by Gasteiger charge is 2.46. The van der Waals surface area contributed by atoms with Crippen molar-refractivity contribution in [1.29, 1.82) is 0 Å². The topological polar surface area (TPSA) is 3.01 Å². The van der Waals surface area contributed by atoms with Gasteiger partial charge in [-0.1, -0.05) is 49.3 Å². The molecule has 128 valence electrons. The molecule has 4 rings (SSSR count). The summed E-state index contributed by atoms with van der Waals surface area (Å²) in [7, 11) is 2.22. The van der Waals surface area contributed by atoms with Crippen LogP contribution in [0.1, 0.15) is 44.6 Å². The van der Waals surface area contributed by atoms with Crippen molar-refractivity contribution in [1.82, 2.24) is 0 Å². The van der Waals surface area contributed by atoms with Crippen LogP contribution in [0.15, 0.2) is 61.2 Å². The van der Waals surface area contributed by atoms with Crippen molar-refractivity contribution in [3.8, 4) is 0 Å². The Kier molecular flexibility index (Phi) is 4.11. The molecule has 1 nitrogen and oxygen atoms in total. The molecular weight excluding hydrogens is 302 g/mol. The number of benzene rings is 2. The molecule has 0 aromatic heterocycles. The highest BCUT2D eigenvalue weighted by Crippen LogP contribution is 2.46. The number of hydrogen-bond acceptors (Lipinski definition) is 0. The molecule has 0 bridgehead atoms. The van der Waals surface area contributed by atoms with E-state index in [4.69, 9.17) is 0 Å². The van der Waals surface area contributed by atoms with Gasteiger partial charge in [-0.15, -0.1) is 6.58 Å². The van der Waals surface area contributed by atoms with Gasteiger partial charge in [0.15, 0.2) is 5.71 Å². The van der Waals surface area contributed by atoms with Crippen LogP contribution in [0.2, 0.25) is 0 Å². The van der Waals surface area contributed by atoms with Crippen LogP contribution >= 0.6 is 0 Å². The van der Waals surface area contributed by atoms with Crippen LogP contribution in [-0.2, 0) is 5.41 Å². The summed E-state index contributed by atoms with van der Waals surface area (Å²) in [5.74, 6) is 0.759. The summed E-state index contributed by atoms with van der Waals surface area (Å²) in [6.45, 7) is 6.45. The van der Waals surface area contributed by atoms with Gasteiger partial charge in [-0.25, -0.2) is 0 Å². The maximum Gasteiger partial charge on any atom is 0.210 e. The molecule has 1 aliphatic carbocycles. The lowest BCUT2D eigenvalue weighted by atomic mass is 9.74. The van der Waals surface area contributed by atoms with E-state index in [2.05, 4.69) is 79.8 Å². The third-order valence-electron chi connectivity index (χ3n) is 6.23. The molecule has 1 fully saturated rings. The summed E-state index contributed by atoms with van der Waals surface area (Å²) in [4.78, 5) is 0. The third kappa shape index (κ3) is 2.57. The van der Waals surface area contributed by atoms with Crippen LogP contribution in [0.5, 0.6) is 0 Å². The largest absolute Gasteiger partial charge is 0.210 e.